The number of nitrogens with zero attached hydrogens (tertiary/aromatic N) is 7. The zero-order chi connectivity index (χ0) is 26.2. The summed E-state index contributed by atoms with van der Waals surface area (Å²) >= 11 is 0. The van der Waals surface area contributed by atoms with Gasteiger partial charge in [-0.15, -0.1) is 6.58 Å². The van der Waals surface area contributed by atoms with Crippen LogP contribution in [0.2, 0.25) is 0 Å². The highest BCUT2D eigenvalue weighted by Gasteiger charge is 2.22. The van der Waals surface area contributed by atoms with E-state index in [1.54, 1.807) is 21.6 Å². The number of nitrogens with one attached hydrogen (secondary N) is 2. The molecule has 2 atom stereocenters. The van der Waals surface area contributed by atoms with Gasteiger partial charge in [-0.1, -0.05) is 12.1 Å². The molecular formula is C27H29N9O2. The van der Waals surface area contributed by atoms with Crippen LogP contribution in [0, 0.1) is 0 Å². The molecule has 1 fully saturated rings. The van der Waals surface area contributed by atoms with Gasteiger partial charge < -0.3 is 15.4 Å². The molecule has 4 aromatic heterocycles. The number of aryl methyl sites for hydroxylation is 1. The van der Waals surface area contributed by atoms with Crippen LogP contribution in [0.4, 0.5) is 11.6 Å². The van der Waals surface area contributed by atoms with E-state index in [9.17, 15) is 4.79 Å². The number of aromatic nitrogens is 7. The van der Waals surface area contributed by atoms with Crippen LogP contribution in [0.5, 0.6) is 5.88 Å². The van der Waals surface area contributed by atoms with Crippen molar-refractivity contribution in [1.82, 2.24) is 39.4 Å². The predicted molar refractivity (Wildman–Crippen MR) is 146 cm³/mol. The number of ether oxygens (including phenoxy) is 1. The number of fused-ring (bicyclic) bond motifs is 2. The van der Waals surface area contributed by atoms with E-state index in [-0.39, 0.29) is 18.2 Å². The molecule has 5 aromatic rings. The molecule has 2 N–H and O–H groups in total. The number of allylic oxidation sites excluding steroid dienone is 1. The van der Waals surface area contributed by atoms with Crippen molar-refractivity contribution in [3.8, 4) is 11.7 Å². The van der Waals surface area contributed by atoms with Gasteiger partial charge in [0.2, 0.25) is 11.8 Å². The van der Waals surface area contributed by atoms with Gasteiger partial charge in [0, 0.05) is 36.4 Å². The zero-order valence-corrected chi connectivity index (χ0v) is 21.3. The summed E-state index contributed by atoms with van der Waals surface area (Å²) in [7, 11) is 1.90. The van der Waals surface area contributed by atoms with Gasteiger partial charge in [-0.05, 0) is 50.6 Å². The average molecular weight is 512 g/mol. The van der Waals surface area contributed by atoms with Crippen LogP contribution in [-0.2, 0) is 13.6 Å². The van der Waals surface area contributed by atoms with Gasteiger partial charge in [0.15, 0.2) is 11.5 Å². The SMILES string of the molecule is C=CCn1c(=O)c2cnc(Nc3ccc4c(cnn4C)c3)nc2n1-c1cccc(O[C@@H]2CCN[C@H](C)C2)n1. The summed E-state index contributed by atoms with van der Waals surface area (Å²) in [6.45, 7) is 7.17. The molecule has 5 heterocycles. The number of anilines is 2. The molecule has 0 radical (unpaired) electrons. The van der Waals surface area contributed by atoms with Crippen LogP contribution in [0.1, 0.15) is 19.8 Å². The number of hydrogen-bond acceptors (Lipinski definition) is 8. The second-order valence-electron chi connectivity index (χ2n) is 9.54. The summed E-state index contributed by atoms with van der Waals surface area (Å²) in [5, 5.41) is 12.4. The van der Waals surface area contributed by atoms with Crippen LogP contribution in [0.25, 0.3) is 27.8 Å². The maximum Gasteiger partial charge on any atom is 0.278 e. The van der Waals surface area contributed by atoms with E-state index in [0.29, 0.717) is 34.7 Å². The molecule has 1 aromatic carbocycles. The van der Waals surface area contributed by atoms with Crippen LogP contribution in [0.15, 0.2) is 66.2 Å². The Morgan fingerprint density at radius 1 is 1.24 bits per heavy atom. The molecule has 6 rings (SSSR count). The predicted octanol–water partition coefficient (Wildman–Crippen LogP) is 3.31. The number of hydrogen-bond donors (Lipinski definition) is 2. The minimum Gasteiger partial charge on any atom is -0.474 e. The van der Waals surface area contributed by atoms with Gasteiger partial charge in [0.1, 0.15) is 11.5 Å². The minimum absolute atomic E-state index is 0.0843. The molecule has 0 aliphatic carbocycles. The maximum absolute atomic E-state index is 13.3. The average Bonchev–Trinajstić information content (AvgIpc) is 3.41. The van der Waals surface area contributed by atoms with Gasteiger partial charge in [0.05, 0.1) is 18.3 Å². The Labute approximate surface area is 218 Å². The van der Waals surface area contributed by atoms with Crippen LogP contribution >= 0.6 is 0 Å². The van der Waals surface area contributed by atoms with Gasteiger partial charge >= 0.3 is 0 Å². The Kier molecular flexibility index (Phi) is 6.12. The van der Waals surface area contributed by atoms with E-state index in [4.69, 9.17) is 14.7 Å². The molecule has 38 heavy (non-hydrogen) atoms. The first kappa shape index (κ1) is 23.9. The third-order valence-electron chi connectivity index (χ3n) is 6.77. The molecular weight excluding hydrogens is 482 g/mol. The molecule has 1 aliphatic heterocycles. The third-order valence-corrected chi connectivity index (χ3v) is 6.77. The lowest BCUT2D eigenvalue weighted by Crippen LogP contribution is -2.40. The fourth-order valence-electron chi connectivity index (χ4n) is 4.93. The van der Waals surface area contributed by atoms with Crippen molar-refractivity contribution in [3.63, 3.8) is 0 Å². The van der Waals surface area contributed by atoms with Crippen LogP contribution in [-0.4, -0.2) is 52.8 Å². The molecule has 0 unspecified atom stereocenters. The highest BCUT2D eigenvalue weighted by atomic mass is 16.5. The van der Waals surface area contributed by atoms with Crippen LogP contribution < -0.4 is 20.9 Å². The molecule has 0 spiro atoms. The van der Waals surface area contributed by atoms with Crippen molar-refractivity contribution in [2.45, 2.75) is 38.5 Å². The fourth-order valence-corrected chi connectivity index (χ4v) is 4.93. The lowest BCUT2D eigenvalue weighted by atomic mass is 10.0. The lowest BCUT2D eigenvalue weighted by Gasteiger charge is -2.28. The van der Waals surface area contributed by atoms with E-state index < -0.39 is 0 Å². The molecule has 194 valence electrons. The molecule has 11 nitrogen and oxygen atoms in total. The summed E-state index contributed by atoms with van der Waals surface area (Å²) in [5.41, 5.74) is 2.06. The van der Waals surface area contributed by atoms with Gasteiger partial charge in [-0.3, -0.25) is 9.48 Å². The summed E-state index contributed by atoms with van der Waals surface area (Å²) in [6, 6.07) is 11.9. The third kappa shape index (κ3) is 4.41. The van der Waals surface area contributed by atoms with Crippen molar-refractivity contribution in [2.75, 3.05) is 11.9 Å². The number of rotatable bonds is 7. The van der Waals surface area contributed by atoms with E-state index in [1.165, 1.54) is 0 Å². The van der Waals surface area contributed by atoms with E-state index in [2.05, 4.69) is 34.2 Å². The zero-order valence-electron chi connectivity index (χ0n) is 21.3. The van der Waals surface area contributed by atoms with E-state index >= 15 is 0 Å². The highest BCUT2D eigenvalue weighted by Crippen LogP contribution is 2.23. The fraction of sp³-hybridized carbons (Fsp3) is 0.296. The normalized spacial score (nSPS) is 17.6. The summed E-state index contributed by atoms with van der Waals surface area (Å²) in [6.07, 6.45) is 6.93. The number of benzene rings is 1. The first-order chi connectivity index (χ1) is 18.5. The maximum atomic E-state index is 13.3. The smallest absolute Gasteiger partial charge is 0.278 e. The second kappa shape index (κ2) is 9.75. The minimum atomic E-state index is -0.219. The molecule has 0 bridgehead atoms. The van der Waals surface area contributed by atoms with Crippen molar-refractivity contribution in [3.05, 3.63) is 71.8 Å². The lowest BCUT2D eigenvalue weighted by molar-refractivity contribution is 0.138. The van der Waals surface area contributed by atoms with Gasteiger partial charge in [-0.2, -0.15) is 15.1 Å². The summed E-state index contributed by atoms with van der Waals surface area (Å²) < 4.78 is 11.3. The molecule has 1 saturated heterocycles. The van der Waals surface area contributed by atoms with E-state index in [0.717, 1.165) is 36.0 Å². The first-order valence-corrected chi connectivity index (χ1v) is 12.7. The monoisotopic (exact) mass is 511 g/mol. The topological polar surface area (TPSA) is 117 Å². The van der Waals surface area contributed by atoms with Crippen molar-refractivity contribution in [1.29, 1.82) is 0 Å². The van der Waals surface area contributed by atoms with Gasteiger partial charge in [-0.25, -0.2) is 14.3 Å². The molecule has 11 heteroatoms. The molecule has 0 amide bonds. The molecule has 0 saturated carbocycles. The van der Waals surface area contributed by atoms with E-state index in [1.807, 2.05) is 54.3 Å². The summed E-state index contributed by atoms with van der Waals surface area (Å²) in [4.78, 5) is 27.2. The Balaban J connectivity index is 1.39. The quantitative estimate of drug-likeness (QED) is 0.320. The Morgan fingerprint density at radius 3 is 2.97 bits per heavy atom. The Morgan fingerprint density at radius 2 is 2.13 bits per heavy atom. The highest BCUT2D eigenvalue weighted by molar-refractivity contribution is 5.83. The largest absolute Gasteiger partial charge is 0.474 e. The standard InChI is InChI=1S/C27H29N9O2/c1-4-12-35-26(37)21-16-29-27(31-19-8-9-22-18(14-19)15-30-34(22)3)33-25(21)36(35)23-6-5-7-24(32-23)38-20-10-11-28-17(2)13-20/h4-9,14-17,20,28H,1,10-13H2,2-3H3,(H,29,31,33)/t17-,20-/m1/s1. The summed E-state index contributed by atoms with van der Waals surface area (Å²) in [5.74, 6) is 1.40. The van der Waals surface area contributed by atoms with Crippen molar-refractivity contribution in [2.24, 2.45) is 7.05 Å². The van der Waals surface area contributed by atoms with Gasteiger partial charge in [0.25, 0.3) is 5.56 Å². The van der Waals surface area contributed by atoms with Crippen LogP contribution in [0.3, 0.4) is 0 Å². The number of pyridine rings is 1. The Bertz CT molecular complexity index is 1700. The molecule has 1 aliphatic rings. The van der Waals surface area contributed by atoms with Crippen molar-refractivity contribution < 1.29 is 4.74 Å². The second-order valence-corrected chi connectivity index (χ2v) is 9.54. The number of piperidine rings is 1. The van der Waals surface area contributed by atoms with Crippen molar-refractivity contribution >= 4 is 33.6 Å². The first-order valence-electron chi connectivity index (χ1n) is 12.7. The Hall–Kier alpha value is -4.51.